The van der Waals surface area contributed by atoms with Crippen LogP contribution in [0.25, 0.3) is 0 Å². The quantitative estimate of drug-likeness (QED) is 0.865. The third-order valence-electron chi connectivity index (χ3n) is 4.37. The highest BCUT2D eigenvalue weighted by Gasteiger charge is 2.33. The Hall–Kier alpha value is -2.36. The molecule has 1 aliphatic heterocycles. The largest absolute Gasteiger partial charge is 0.497 e. The first kappa shape index (κ1) is 14.6. The van der Waals surface area contributed by atoms with Crippen LogP contribution in [0.2, 0.25) is 0 Å². The van der Waals surface area contributed by atoms with Crippen molar-refractivity contribution < 1.29 is 4.74 Å². The van der Waals surface area contributed by atoms with Crippen molar-refractivity contribution in [1.82, 2.24) is 0 Å². The van der Waals surface area contributed by atoms with Crippen LogP contribution < -0.4 is 19.4 Å². The Bertz CT molecular complexity index is 655. The maximum absolute atomic E-state index is 5.38. The fraction of sp³-hybridized carbons (Fsp3) is 0.333. The molecule has 0 amide bonds. The van der Waals surface area contributed by atoms with E-state index >= 15 is 0 Å². The van der Waals surface area contributed by atoms with E-state index in [2.05, 4.69) is 79.3 Å². The van der Waals surface area contributed by atoms with E-state index in [0.717, 1.165) is 5.75 Å². The summed E-state index contributed by atoms with van der Waals surface area (Å²) < 4.78 is 5.38. The number of anilines is 3. The highest BCUT2D eigenvalue weighted by molar-refractivity contribution is 5.79. The normalized spacial score (nSPS) is 14.2. The molecule has 0 saturated carbocycles. The van der Waals surface area contributed by atoms with E-state index in [1.54, 1.807) is 7.11 Å². The standard InChI is InChI=1S/C18H23N3O/c1-19(2)17-12-13(22-5)10-11-14(17)18-20(3)15-8-6-7-9-16(15)21(18)4/h6-12,18H,1-5H3. The molecule has 0 radical (unpaired) electrons. The summed E-state index contributed by atoms with van der Waals surface area (Å²) in [6.07, 6.45) is 0.181. The number of nitrogens with zero attached hydrogens (tertiary/aromatic N) is 3. The summed E-state index contributed by atoms with van der Waals surface area (Å²) >= 11 is 0. The van der Waals surface area contributed by atoms with Crippen molar-refractivity contribution in [2.24, 2.45) is 0 Å². The van der Waals surface area contributed by atoms with Crippen LogP contribution >= 0.6 is 0 Å². The maximum atomic E-state index is 5.38. The molecule has 0 atom stereocenters. The van der Waals surface area contributed by atoms with E-state index in [0.29, 0.717) is 0 Å². The van der Waals surface area contributed by atoms with Gasteiger partial charge in [0.1, 0.15) is 11.9 Å². The Morgan fingerprint density at radius 2 is 1.55 bits per heavy atom. The minimum atomic E-state index is 0.181. The highest BCUT2D eigenvalue weighted by Crippen LogP contribution is 2.46. The van der Waals surface area contributed by atoms with Gasteiger partial charge in [-0.2, -0.15) is 0 Å². The second-order valence-electron chi connectivity index (χ2n) is 5.90. The van der Waals surface area contributed by atoms with Crippen LogP contribution in [0, 0.1) is 0 Å². The predicted octanol–water partition coefficient (Wildman–Crippen LogP) is 3.35. The molecule has 1 aliphatic rings. The second kappa shape index (κ2) is 5.44. The van der Waals surface area contributed by atoms with Gasteiger partial charge in [0, 0.05) is 45.5 Å². The van der Waals surface area contributed by atoms with Crippen molar-refractivity contribution in [2.75, 3.05) is 50.0 Å². The Kier molecular flexibility index (Phi) is 3.61. The second-order valence-corrected chi connectivity index (χ2v) is 5.90. The minimum Gasteiger partial charge on any atom is -0.497 e. The molecule has 0 spiro atoms. The lowest BCUT2D eigenvalue weighted by atomic mass is 10.1. The molecule has 0 fully saturated rings. The van der Waals surface area contributed by atoms with E-state index in [-0.39, 0.29) is 6.17 Å². The lowest BCUT2D eigenvalue weighted by Gasteiger charge is -2.31. The van der Waals surface area contributed by atoms with Gasteiger partial charge < -0.3 is 19.4 Å². The molecule has 22 heavy (non-hydrogen) atoms. The molecule has 0 bridgehead atoms. The first-order valence-electron chi connectivity index (χ1n) is 7.44. The Morgan fingerprint density at radius 3 is 2.05 bits per heavy atom. The molecule has 3 rings (SSSR count). The number of methoxy groups -OCH3 is 1. The van der Waals surface area contributed by atoms with E-state index in [9.17, 15) is 0 Å². The summed E-state index contributed by atoms with van der Waals surface area (Å²) in [4.78, 5) is 6.79. The monoisotopic (exact) mass is 297 g/mol. The van der Waals surface area contributed by atoms with E-state index in [4.69, 9.17) is 4.74 Å². The molecule has 4 heteroatoms. The number of hydrogen-bond donors (Lipinski definition) is 0. The van der Waals surface area contributed by atoms with Gasteiger partial charge in [-0.15, -0.1) is 0 Å². The fourth-order valence-electron chi connectivity index (χ4n) is 3.26. The van der Waals surface area contributed by atoms with Gasteiger partial charge in [-0.05, 0) is 24.3 Å². The van der Waals surface area contributed by atoms with Crippen molar-refractivity contribution in [2.45, 2.75) is 6.17 Å². The number of benzene rings is 2. The summed E-state index contributed by atoms with van der Waals surface area (Å²) in [6.45, 7) is 0. The van der Waals surface area contributed by atoms with Crippen LogP contribution in [-0.2, 0) is 0 Å². The average Bonchev–Trinajstić information content (AvgIpc) is 2.79. The van der Waals surface area contributed by atoms with E-state index in [1.807, 2.05) is 6.07 Å². The zero-order valence-electron chi connectivity index (χ0n) is 13.9. The molecular formula is C18H23N3O. The van der Waals surface area contributed by atoms with E-state index in [1.165, 1.54) is 22.6 Å². The summed E-state index contributed by atoms with van der Waals surface area (Å²) in [7, 11) is 10.1. The van der Waals surface area contributed by atoms with Gasteiger partial charge in [0.25, 0.3) is 0 Å². The van der Waals surface area contributed by atoms with Crippen molar-refractivity contribution in [3.63, 3.8) is 0 Å². The topological polar surface area (TPSA) is 19.0 Å². The number of fused-ring (bicyclic) bond motifs is 1. The molecule has 1 heterocycles. The average molecular weight is 297 g/mol. The zero-order chi connectivity index (χ0) is 15.9. The Balaban J connectivity index is 2.09. The lowest BCUT2D eigenvalue weighted by molar-refractivity contribution is 0.414. The zero-order valence-corrected chi connectivity index (χ0v) is 13.9. The lowest BCUT2D eigenvalue weighted by Crippen LogP contribution is -2.32. The van der Waals surface area contributed by atoms with Crippen LogP contribution in [0.15, 0.2) is 42.5 Å². The Labute approximate surface area is 132 Å². The van der Waals surface area contributed by atoms with Crippen LogP contribution in [0.3, 0.4) is 0 Å². The summed E-state index contributed by atoms with van der Waals surface area (Å²) in [5.74, 6) is 0.883. The van der Waals surface area contributed by atoms with Crippen LogP contribution in [-0.4, -0.2) is 35.3 Å². The molecule has 2 aromatic rings. The molecule has 0 aliphatic carbocycles. The highest BCUT2D eigenvalue weighted by atomic mass is 16.5. The number of hydrogen-bond acceptors (Lipinski definition) is 4. The molecule has 0 N–H and O–H groups in total. The fourth-order valence-corrected chi connectivity index (χ4v) is 3.26. The SMILES string of the molecule is COc1ccc(C2N(C)c3ccccc3N2C)c(N(C)C)c1. The number of para-hydroxylation sites is 2. The molecule has 0 aromatic heterocycles. The smallest absolute Gasteiger partial charge is 0.130 e. The van der Waals surface area contributed by atoms with Crippen LogP contribution in [0.1, 0.15) is 11.7 Å². The minimum absolute atomic E-state index is 0.181. The summed E-state index contributed by atoms with van der Waals surface area (Å²) in [5, 5.41) is 0. The van der Waals surface area contributed by atoms with Gasteiger partial charge in [0.05, 0.1) is 18.5 Å². The van der Waals surface area contributed by atoms with Crippen molar-refractivity contribution in [3.05, 3.63) is 48.0 Å². The third-order valence-corrected chi connectivity index (χ3v) is 4.37. The third kappa shape index (κ3) is 2.15. The summed E-state index contributed by atoms with van der Waals surface area (Å²) in [5.41, 5.74) is 4.97. The molecule has 0 saturated heterocycles. The van der Waals surface area contributed by atoms with Gasteiger partial charge in [0.2, 0.25) is 0 Å². The first-order chi connectivity index (χ1) is 10.5. The van der Waals surface area contributed by atoms with Gasteiger partial charge in [-0.3, -0.25) is 0 Å². The first-order valence-corrected chi connectivity index (χ1v) is 7.44. The van der Waals surface area contributed by atoms with Crippen LogP contribution in [0.4, 0.5) is 17.1 Å². The molecule has 2 aromatic carbocycles. The number of rotatable bonds is 3. The van der Waals surface area contributed by atoms with E-state index < -0.39 is 0 Å². The van der Waals surface area contributed by atoms with Crippen LogP contribution in [0.5, 0.6) is 5.75 Å². The van der Waals surface area contributed by atoms with Crippen molar-refractivity contribution in [1.29, 1.82) is 0 Å². The van der Waals surface area contributed by atoms with Gasteiger partial charge in [-0.1, -0.05) is 12.1 Å². The summed E-state index contributed by atoms with van der Waals surface area (Å²) in [6, 6.07) is 14.8. The molecule has 4 nitrogen and oxygen atoms in total. The van der Waals surface area contributed by atoms with Gasteiger partial charge in [0.15, 0.2) is 0 Å². The molecule has 0 unspecified atom stereocenters. The van der Waals surface area contributed by atoms with Crippen molar-refractivity contribution in [3.8, 4) is 5.75 Å². The van der Waals surface area contributed by atoms with Gasteiger partial charge >= 0.3 is 0 Å². The predicted molar refractivity (Wildman–Crippen MR) is 93.3 cm³/mol. The maximum Gasteiger partial charge on any atom is 0.130 e. The van der Waals surface area contributed by atoms with Gasteiger partial charge in [-0.25, -0.2) is 0 Å². The number of ether oxygens (including phenoxy) is 1. The molecule has 116 valence electrons. The molecular weight excluding hydrogens is 274 g/mol. The van der Waals surface area contributed by atoms with Crippen molar-refractivity contribution >= 4 is 17.1 Å². The Morgan fingerprint density at radius 1 is 0.955 bits per heavy atom.